The first kappa shape index (κ1) is 15.3. The third kappa shape index (κ3) is 3.95. The molecule has 2 rings (SSSR count). The fraction of sp³-hybridized carbons (Fsp3) is 0.294. The minimum absolute atomic E-state index is 0.257. The number of para-hydroxylation sites is 1. The van der Waals surface area contributed by atoms with Crippen molar-refractivity contribution in [3.63, 3.8) is 0 Å². The van der Waals surface area contributed by atoms with Gasteiger partial charge in [-0.1, -0.05) is 24.3 Å². The molecule has 2 N–H and O–H groups in total. The van der Waals surface area contributed by atoms with Crippen molar-refractivity contribution in [3.05, 3.63) is 59.4 Å². The van der Waals surface area contributed by atoms with Gasteiger partial charge in [-0.05, 0) is 31.5 Å². The van der Waals surface area contributed by atoms with Gasteiger partial charge in [-0.2, -0.15) is 0 Å². The van der Waals surface area contributed by atoms with Crippen molar-refractivity contribution in [2.24, 2.45) is 5.73 Å². The van der Waals surface area contributed by atoms with Crippen LogP contribution in [0.25, 0.3) is 0 Å². The summed E-state index contributed by atoms with van der Waals surface area (Å²) < 4.78 is 24.6. The number of hydrogen-bond donors (Lipinski definition) is 1. The lowest BCUT2D eigenvalue weighted by Gasteiger charge is -2.17. The maximum atomic E-state index is 13.5. The number of aryl methyl sites for hydroxylation is 1. The molecule has 0 spiro atoms. The summed E-state index contributed by atoms with van der Waals surface area (Å²) >= 11 is 0. The fourth-order valence-corrected chi connectivity index (χ4v) is 2.01. The van der Waals surface area contributed by atoms with Crippen molar-refractivity contribution in [3.8, 4) is 11.5 Å². The first-order chi connectivity index (χ1) is 10.1. The predicted molar refractivity (Wildman–Crippen MR) is 81.2 cm³/mol. The van der Waals surface area contributed by atoms with Gasteiger partial charge in [0.1, 0.15) is 23.9 Å². The molecule has 0 aliphatic rings. The molecule has 3 nitrogen and oxygen atoms in total. The second-order valence-corrected chi connectivity index (χ2v) is 4.80. The lowest BCUT2D eigenvalue weighted by Crippen LogP contribution is -2.20. The summed E-state index contributed by atoms with van der Waals surface area (Å²) in [6.45, 7) is 4.47. The summed E-state index contributed by atoms with van der Waals surface area (Å²) in [5.41, 5.74) is 7.62. The van der Waals surface area contributed by atoms with Gasteiger partial charge in [0, 0.05) is 11.6 Å². The largest absolute Gasteiger partial charge is 0.494 e. The van der Waals surface area contributed by atoms with Crippen LogP contribution in [0.3, 0.4) is 0 Å². The number of rotatable bonds is 6. The van der Waals surface area contributed by atoms with Crippen LogP contribution in [0.4, 0.5) is 4.39 Å². The molecule has 1 atom stereocenters. The van der Waals surface area contributed by atoms with Crippen LogP contribution in [0.2, 0.25) is 0 Å². The minimum Gasteiger partial charge on any atom is -0.494 e. The summed E-state index contributed by atoms with van der Waals surface area (Å²) in [5, 5.41) is 0. The zero-order valence-corrected chi connectivity index (χ0v) is 12.3. The molecule has 0 saturated heterocycles. The first-order valence-corrected chi connectivity index (χ1v) is 6.98. The zero-order chi connectivity index (χ0) is 15.2. The van der Waals surface area contributed by atoms with Gasteiger partial charge < -0.3 is 15.2 Å². The van der Waals surface area contributed by atoms with Gasteiger partial charge in [-0.25, -0.2) is 4.39 Å². The Bertz CT molecular complexity index is 601. The predicted octanol–water partition coefficient (Wildman–Crippen LogP) is 3.61. The maximum Gasteiger partial charge on any atom is 0.129 e. The Kier molecular flexibility index (Phi) is 5.17. The standard InChI is InChI=1S/C17H20FNO2/c1-3-20-17-7-5-4-6-14(17)16(19)11-21-13-9-8-12(2)15(18)10-13/h4-10,16H,3,11,19H2,1-2H3. The molecule has 1 unspecified atom stereocenters. The lowest BCUT2D eigenvalue weighted by molar-refractivity contribution is 0.280. The van der Waals surface area contributed by atoms with Gasteiger partial charge in [0.25, 0.3) is 0 Å². The monoisotopic (exact) mass is 289 g/mol. The second-order valence-electron chi connectivity index (χ2n) is 4.80. The molecule has 0 amide bonds. The van der Waals surface area contributed by atoms with Gasteiger partial charge in [0.05, 0.1) is 12.6 Å². The van der Waals surface area contributed by atoms with Gasteiger partial charge in [0.15, 0.2) is 0 Å². The number of halogens is 1. The molecule has 0 radical (unpaired) electrons. The molecule has 0 fully saturated rings. The highest BCUT2D eigenvalue weighted by Gasteiger charge is 2.12. The Morgan fingerprint density at radius 2 is 1.90 bits per heavy atom. The van der Waals surface area contributed by atoms with Crippen LogP contribution in [0.15, 0.2) is 42.5 Å². The molecule has 0 aliphatic heterocycles. The van der Waals surface area contributed by atoms with E-state index in [1.807, 2.05) is 31.2 Å². The number of ether oxygens (including phenoxy) is 2. The van der Waals surface area contributed by atoms with E-state index in [0.717, 1.165) is 11.3 Å². The quantitative estimate of drug-likeness (QED) is 0.883. The average Bonchev–Trinajstić information content (AvgIpc) is 2.49. The third-order valence-electron chi connectivity index (χ3n) is 3.19. The van der Waals surface area contributed by atoms with Crippen LogP contribution < -0.4 is 15.2 Å². The van der Waals surface area contributed by atoms with E-state index < -0.39 is 0 Å². The summed E-state index contributed by atoms with van der Waals surface area (Å²) in [6.07, 6.45) is 0. The van der Waals surface area contributed by atoms with E-state index in [-0.39, 0.29) is 18.5 Å². The molecule has 0 aliphatic carbocycles. The van der Waals surface area contributed by atoms with Gasteiger partial charge in [0.2, 0.25) is 0 Å². The molecule has 112 valence electrons. The highest BCUT2D eigenvalue weighted by atomic mass is 19.1. The van der Waals surface area contributed by atoms with Crippen LogP contribution >= 0.6 is 0 Å². The van der Waals surface area contributed by atoms with E-state index in [2.05, 4.69) is 0 Å². The van der Waals surface area contributed by atoms with Crippen molar-refractivity contribution in [1.29, 1.82) is 0 Å². The van der Waals surface area contributed by atoms with E-state index in [1.165, 1.54) is 6.07 Å². The van der Waals surface area contributed by atoms with Crippen LogP contribution in [0.5, 0.6) is 11.5 Å². The highest BCUT2D eigenvalue weighted by Crippen LogP contribution is 2.25. The molecule has 4 heteroatoms. The van der Waals surface area contributed by atoms with Crippen LogP contribution in [-0.4, -0.2) is 13.2 Å². The molecule has 2 aromatic rings. The van der Waals surface area contributed by atoms with Gasteiger partial charge in [-0.3, -0.25) is 0 Å². The maximum absolute atomic E-state index is 13.5. The van der Waals surface area contributed by atoms with E-state index in [4.69, 9.17) is 15.2 Å². The molecule has 0 heterocycles. The van der Waals surface area contributed by atoms with Crippen LogP contribution in [0, 0.1) is 12.7 Å². The van der Waals surface area contributed by atoms with E-state index in [0.29, 0.717) is 17.9 Å². The van der Waals surface area contributed by atoms with Crippen molar-refractivity contribution < 1.29 is 13.9 Å². The van der Waals surface area contributed by atoms with Crippen LogP contribution in [-0.2, 0) is 0 Å². The van der Waals surface area contributed by atoms with E-state index in [1.54, 1.807) is 19.1 Å². The van der Waals surface area contributed by atoms with Gasteiger partial charge in [-0.15, -0.1) is 0 Å². The molecule has 0 saturated carbocycles. The molecular formula is C17H20FNO2. The molecule has 21 heavy (non-hydrogen) atoms. The molecule has 0 aromatic heterocycles. The van der Waals surface area contributed by atoms with Crippen molar-refractivity contribution >= 4 is 0 Å². The van der Waals surface area contributed by atoms with Gasteiger partial charge >= 0.3 is 0 Å². The zero-order valence-electron chi connectivity index (χ0n) is 12.3. The molecular weight excluding hydrogens is 269 g/mol. The highest BCUT2D eigenvalue weighted by molar-refractivity contribution is 5.36. The third-order valence-corrected chi connectivity index (χ3v) is 3.19. The number of nitrogens with two attached hydrogens (primary N) is 1. The minimum atomic E-state index is -0.336. The topological polar surface area (TPSA) is 44.5 Å². The summed E-state index contributed by atoms with van der Waals surface area (Å²) in [7, 11) is 0. The Morgan fingerprint density at radius 3 is 2.62 bits per heavy atom. The van der Waals surface area contributed by atoms with Crippen LogP contribution in [0.1, 0.15) is 24.1 Å². The molecule has 0 bridgehead atoms. The Balaban J connectivity index is 2.04. The lowest BCUT2D eigenvalue weighted by atomic mass is 10.1. The SMILES string of the molecule is CCOc1ccccc1C(N)COc1ccc(C)c(F)c1. The Morgan fingerprint density at radius 1 is 1.14 bits per heavy atom. The Labute approximate surface area is 124 Å². The number of hydrogen-bond acceptors (Lipinski definition) is 3. The summed E-state index contributed by atoms with van der Waals surface area (Å²) in [5.74, 6) is 0.949. The van der Waals surface area contributed by atoms with Crippen molar-refractivity contribution in [1.82, 2.24) is 0 Å². The van der Waals surface area contributed by atoms with E-state index >= 15 is 0 Å². The van der Waals surface area contributed by atoms with E-state index in [9.17, 15) is 4.39 Å². The average molecular weight is 289 g/mol. The summed E-state index contributed by atoms with van der Waals surface area (Å²) in [6, 6.07) is 12.1. The smallest absolute Gasteiger partial charge is 0.129 e. The second kappa shape index (κ2) is 7.09. The van der Waals surface area contributed by atoms with Crippen molar-refractivity contribution in [2.45, 2.75) is 19.9 Å². The first-order valence-electron chi connectivity index (χ1n) is 6.98. The summed E-state index contributed by atoms with van der Waals surface area (Å²) in [4.78, 5) is 0. The van der Waals surface area contributed by atoms with Crippen molar-refractivity contribution in [2.75, 3.05) is 13.2 Å². The fourth-order valence-electron chi connectivity index (χ4n) is 2.01. The molecule has 2 aromatic carbocycles. The number of benzene rings is 2. The Hall–Kier alpha value is -2.07. The normalized spacial score (nSPS) is 12.0.